The van der Waals surface area contributed by atoms with E-state index in [0.717, 1.165) is 29.4 Å². The fourth-order valence-corrected chi connectivity index (χ4v) is 2.09. The Morgan fingerprint density at radius 3 is 2.80 bits per heavy atom. The number of rotatable bonds is 5. The smallest absolute Gasteiger partial charge is 0.181 e. The zero-order valence-electron chi connectivity index (χ0n) is 11.3. The predicted molar refractivity (Wildman–Crippen MR) is 77.2 cm³/mol. The van der Waals surface area contributed by atoms with E-state index in [1.165, 1.54) is 6.39 Å². The average molecular weight is 268 g/mol. The zero-order chi connectivity index (χ0) is 13.8. The van der Waals surface area contributed by atoms with Crippen LogP contribution in [0.4, 0.5) is 5.69 Å². The molecule has 2 aromatic heterocycles. The van der Waals surface area contributed by atoms with Crippen LogP contribution in [-0.4, -0.2) is 14.5 Å². The predicted octanol–water partition coefficient (Wildman–Crippen LogP) is 3.17. The lowest BCUT2D eigenvalue weighted by Gasteiger charge is -2.08. The van der Waals surface area contributed by atoms with Crippen LogP contribution in [-0.2, 0) is 13.1 Å². The number of hydrogen-bond acceptors (Lipinski definition) is 4. The number of aromatic nitrogens is 3. The summed E-state index contributed by atoms with van der Waals surface area (Å²) in [7, 11) is 0. The van der Waals surface area contributed by atoms with Crippen molar-refractivity contribution in [3.05, 3.63) is 55.1 Å². The molecule has 2 heterocycles. The van der Waals surface area contributed by atoms with Crippen molar-refractivity contribution in [1.29, 1.82) is 0 Å². The molecule has 0 aliphatic heterocycles. The fraction of sp³-hybridized carbons (Fsp3) is 0.200. The van der Waals surface area contributed by atoms with E-state index in [-0.39, 0.29) is 0 Å². The molecule has 5 nitrogen and oxygen atoms in total. The Morgan fingerprint density at radius 1 is 1.25 bits per heavy atom. The summed E-state index contributed by atoms with van der Waals surface area (Å²) < 4.78 is 7.38. The molecule has 0 saturated heterocycles. The maximum absolute atomic E-state index is 5.26. The van der Waals surface area contributed by atoms with Crippen molar-refractivity contribution >= 4 is 5.69 Å². The summed E-state index contributed by atoms with van der Waals surface area (Å²) in [5, 5.41) is 3.36. The van der Waals surface area contributed by atoms with E-state index in [1.54, 1.807) is 6.20 Å². The number of hydrogen-bond donors (Lipinski definition) is 1. The molecule has 0 radical (unpaired) electrons. The number of oxazole rings is 1. The van der Waals surface area contributed by atoms with Gasteiger partial charge in [-0.2, -0.15) is 0 Å². The minimum Gasteiger partial charge on any atom is -0.444 e. The first-order valence-electron chi connectivity index (χ1n) is 6.59. The van der Waals surface area contributed by atoms with Crippen molar-refractivity contribution in [3.8, 4) is 11.3 Å². The summed E-state index contributed by atoms with van der Waals surface area (Å²) in [6.07, 6.45) is 6.96. The number of nitrogens with one attached hydrogen (secondary N) is 1. The standard InChI is InChI=1S/C15H16N4O/c1-2-19-8-7-17-15(19)10-18-13-5-3-12(4-6-13)14-9-16-11-20-14/h3-9,11,18H,2,10H2,1H3. The van der Waals surface area contributed by atoms with Gasteiger partial charge in [0, 0.05) is 30.2 Å². The molecule has 0 bridgehead atoms. The molecular weight excluding hydrogens is 252 g/mol. The molecule has 3 rings (SSSR count). The van der Waals surface area contributed by atoms with Gasteiger partial charge in [0.15, 0.2) is 12.2 Å². The Labute approximate surface area is 117 Å². The molecule has 0 unspecified atom stereocenters. The van der Waals surface area contributed by atoms with Gasteiger partial charge in [-0.3, -0.25) is 0 Å². The first kappa shape index (κ1) is 12.5. The first-order chi connectivity index (χ1) is 9.86. The molecule has 0 spiro atoms. The maximum Gasteiger partial charge on any atom is 0.181 e. The minimum absolute atomic E-state index is 0.711. The molecule has 0 saturated carbocycles. The Balaban J connectivity index is 1.67. The van der Waals surface area contributed by atoms with Crippen molar-refractivity contribution in [2.75, 3.05) is 5.32 Å². The highest BCUT2D eigenvalue weighted by Crippen LogP contribution is 2.20. The van der Waals surface area contributed by atoms with Crippen LogP contribution in [0.3, 0.4) is 0 Å². The molecule has 102 valence electrons. The van der Waals surface area contributed by atoms with Gasteiger partial charge in [-0.1, -0.05) is 0 Å². The number of anilines is 1. The van der Waals surface area contributed by atoms with E-state index in [1.807, 2.05) is 36.7 Å². The van der Waals surface area contributed by atoms with Crippen molar-refractivity contribution in [3.63, 3.8) is 0 Å². The van der Waals surface area contributed by atoms with Crippen molar-refractivity contribution < 1.29 is 4.42 Å². The van der Waals surface area contributed by atoms with Gasteiger partial charge in [-0.05, 0) is 31.2 Å². The van der Waals surface area contributed by atoms with Crippen LogP contribution in [0.15, 0.2) is 53.7 Å². The highest BCUT2D eigenvalue weighted by Gasteiger charge is 2.03. The molecule has 0 atom stereocenters. The van der Waals surface area contributed by atoms with E-state index < -0.39 is 0 Å². The van der Waals surface area contributed by atoms with E-state index in [9.17, 15) is 0 Å². The summed E-state index contributed by atoms with van der Waals surface area (Å²) in [6, 6.07) is 8.07. The van der Waals surface area contributed by atoms with Crippen LogP contribution in [0.5, 0.6) is 0 Å². The molecule has 1 aromatic carbocycles. The second kappa shape index (κ2) is 5.61. The van der Waals surface area contributed by atoms with E-state index in [4.69, 9.17) is 4.42 Å². The highest BCUT2D eigenvalue weighted by atomic mass is 16.3. The SMILES string of the molecule is CCn1ccnc1CNc1ccc(-c2cnco2)cc1. The van der Waals surface area contributed by atoms with Gasteiger partial charge in [-0.25, -0.2) is 9.97 Å². The summed E-state index contributed by atoms with van der Waals surface area (Å²) in [4.78, 5) is 8.25. The van der Waals surface area contributed by atoms with Gasteiger partial charge in [0.1, 0.15) is 5.82 Å². The Bertz CT molecular complexity index is 656. The lowest BCUT2D eigenvalue weighted by atomic mass is 10.2. The second-order valence-electron chi connectivity index (χ2n) is 4.43. The Kier molecular flexibility index (Phi) is 3.50. The third kappa shape index (κ3) is 2.56. The van der Waals surface area contributed by atoms with Gasteiger partial charge in [-0.15, -0.1) is 0 Å². The van der Waals surface area contributed by atoms with E-state index in [0.29, 0.717) is 6.54 Å². The lowest BCUT2D eigenvalue weighted by molar-refractivity contribution is 0.572. The third-order valence-electron chi connectivity index (χ3n) is 3.19. The number of benzene rings is 1. The van der Waals surface area contributed by atoms with Gasteiger partial charge in [0.05, 0.1) is 12.7 Å². The van der Waals surface area contributed by atoms with Crippen LogP contribution >= 0.6 is 0 Å². The van der Waals surface area contributed by atoms with Crippen molar-refractivity contribution in [1.82, 2.24) is 14.5 Å². The molecule has 0 fully saturated rings. The van der Waals surface area contributed by atoms with Gasteiger partial charge in [0.2, 0.25) is 0 Å². The largest absolute Gasteiger partial charge is 0.444 e. The molecule has 20 heavy (non-hydrogen) atoms. The molecule has 3 aromatic rings. The number of nitrogens with zero attached hydrogens (tertiary/aromatic N) is 3. The van der Waals surface area contributed by atoms with Crippen molar-refractivity contribution in [2.24, 2.45) is 0 Å². The molecule has 0 amide bonds. The normalized spacial score (nSPS) is 10.7. The second-order valence-corrected chi connectivity index (χ2v) is 4.43. The van der Waals surface area contributed by atoms with E-state index >= 15 is 0 Å². The third-order valence-corrected chi connectivity index (χ3v) is 3.19. The lowest BCUT2D eigenvalue weighted by Crippen LogP contribution is -2.07. The summed E-state index contributed by atoms with van der Waals surface area (Å²) in [5.74, 6) is 1.81. The summed E-state index contributed by atoms with van der Waals surface area (Å²) in [6.45, 7) is 3.75. The van der Waals surface area contributed by atoms with Gasteiger partial charge in [0.25, 0.3) is 0 Å². The molecular formula is C15H16N4O. The van der Waals surface area contributed by atoms with Gasteiger partial charge < -0.3 is 14.3 Å². The average Bonchev–Trinajstić information content (AvgIpc) is 3.16. The quantitative estimate of drug-likeness (QED) is 0.772. The first-order valence-corrected chi connectivity index (χ1v) is 6.59. The van der Waals surface area contributed by atoms with Crippen LogP contribution in [0, 0.1) is 0 Å². The molecule has 0 aliphatic carbocycles. The van der Waals surface area contributed by atoms with Crippen LogP contribution in [0.25, 0.3) is 11.3 Å². The topological polar surface area (TPSA) is 55.9 Å². The summed E-state index contributed by atoms with van der Waals surface area (Å²) in [5.41, 5.74) is 2.07. The van der Waals surface area contributed by atoms with Crippen molar-refractivity contribution in [2.45, 2.75) is 20.0 Å². The molecule has 0 aliphatic rings. The highest BCUT2D eigenvalue weighted by molar-refractivity contribution is 5.60. The van der Waals surface area contributed by atoms with Crippen LogP contribution in [0.2, 0.25) is 0 Å². The zero-order valence-corrected chi connectivity index (χ0v) is 11.3. The van der Waals surface area contributed by atoms with Gasteiger partial charge >= 0.3 is 0 Å². The molecule has 5 heteroatoms. The molecule has 1 N–H and O–H groups in total. The monoisotopic (exact) mass is 268 g/mol. The summed E-state index contributed by atoms with van der Waals surface area (Å²) >= 11 is 0. The van der Waals surface area contributed by atoms with Crippen LogP contribution < -0.4 is 5.32 Å². The Morgan fingerprint density at radius 2 is 2.10 bits per heavy atom. The number of aryl methyl sites for hydroxylation is 1. The number of imidazole rings is 1. The maximum atomic E-state index is 5.26. The van der Waals surface area contributed by atoms with Crippen LogP contribution in [0.1, 0.15) is 12.7 Å². The fourth-order valence-electron chi connectivity index (χ4n) is 2.09. The Hall–Kier alpha value is -2.56. The minimum atomic E-state index is 0.711. The van der Waals surface area contributed by atoms with E-state index in [2.05, 4.69) is 26.8 Å².